The van der Waals surface area contributed by atoms with Crippen molar-refractivity contribution in [2.24, 2.45) is 7.05 Å². The molecule has 2 aromatic carbocycles. The molecule has 0 amide bonds. The molecule has 5 aromatic rings. The van der Waals surface area contributed by atoms with Crippen LogP contribution in [-0.4, -0.2) is 45.1 Å². The van der Waals surface area contributed by atoms with E-state index in [9.17, 15) is 31.5 Å². The van der Waals surface area contributed by atoms with Crippen molar-refractivity contribution < 1.29 is 22.0 Å². The van der Waals surface area contributed by atoms with Crippen molar-refractivity contribution in [1.82, 2.24) is 38.7 Å². The van der Waals surface area contributed by atoms with Gasteiger partial charge in [-0.3, -0.25) is 13.9 Å². The highest BCUT2D eigenvalue weighted by atomic mass is 35.5. The topological polar surface area (TPSA) is 117 Å². The van der Waals surface area contributed by atoms with Gasteiger partial charge in [0.25, 0.3) is 6.43 Å². The molecule has 0 aliphatic carbocycles. The first kappa shape index (κ1) is 27.0. The average Bonchev–Trinajstić information content (AvgIpc) is 3.46. The Morgan fingerprint density at radius 3 is 2.45 bits per heavy atom. The maximum atomic E-state index is 15.0. The van der Waals surface area contributed by atoms with E-state index in [-0.39, 0.29) is 34.5 Å². The number of rotatable bonds is 8. The van der Waals surface area contributed by atoms with Crippen LogP contribution in [0.4, 0.5) is 33.6 Å². The van der Waals surface area contributed by atoms with Gasteiger partial charge in [0.05, 0.1) is 29.3 Å². The van der Waals surface area contributed by atoms with E-state index < -0.39 is 59.3 Å². The van der Waals surface area contributed by atoms with Crippen LogP contribution in [0.15, 0.2) is 46.4 Å². The molecular formula is C23H17ClF5N9O2. The van der Waals surface area contributed by atoms with Crippen LogP contribution < -0.4 is 16.7 Å². The quantitative estimate of drug-likeness (QED) is 0.221. The summed E-state index contributed by atoms with van der Waals surface area (Å²) >= 11 is 5.80. The number of nitrogens with one attached hydrogen (secondary N) is 1. The van der Waals surface area contributed by atoms with Crippen molar-refractivity contribution in [2.45, 2.75) is 26.1 Å². The van der Waals surface area contributed by atoms with Gasteiger partial charge < -0.3 is 5.32 Å². The first-order chi connectivity index (χ1) is 19.0. The number of fused-ring (bicyclic) bond motifs is 1. The molecule has 0 bridgehead atoms. The zero-order valence-electron chi connectivity index (χ0n) is 20.3. The van der Waals surface area contributed by atoms with Gasteiger partial charge in [-0.1, -0.05) is 11.6 Å². The van der Waals surface area contributed by atoms with E-state index in [2.05, 4.69) is 25.5 Å². The van der Waals surface area contributed by atoms with Crippen molar-refractivity contribution in [3.63, 3.8) is 0 Å². The summed E-state index contributed by atoms with van der Waals surface area (Å²) in [7, 11) is 1.58. The molecule has 11 nitrogen and oxygen atoms in total. The molecule has 0 atom stereocenters. The molecule has 0 spiro atoms. The van der Waals surface area contributed by atoms with Crippen molar-refractivity contribution >= 4 is 34.1 Å². The zero-order chi connectivity index (χ0) is 28.7. The van der Waals surface area contributed by atoms with Gasteiger partial charge in [-0.15, -0.1) is 0 Å². The molecule has 0 saturated carbocycles. The van der Waals surface area contributed by atoms with Crippen molar-refractivity contribution in [3.05, 3.63) is 91.6 Å². The molecule has 1 N–H and O–H groups in total. The van der Waals surface area contributed by atoms with E-state index in [1.165, 1.54) is 23.3 Å². The Hall–Kier alpha value is -4.60. The van der Waals surface area contributed by atoms with Crippen LogP contribution in [0.1, 0.15) is 11.4 Å². The first-order valence-electron chi connectivity index (χ1n) is 11.4. The monoisotopic (exact) mass is 581 g/mol. The third-order valence-electron chi connectivity index (χ3n) is 5.73. The highest BCUT2D eigenvalue weighted by molar-refractivity contribution is 6.30. The molecule has 0 fully saturated rings. The number of aryl methyl sites for hydroxylation is 1. The Balaban J connectivity index is 1.61. The molecule has 17 heteroatoms. The number of halogens is 6. The summed E-state index contributed by atoms with van der Waals surface area (Å²) in [6, 6.07) is 3.67. The summed E-state index contributed by atoms with van der Waals surface area (Å²) in [5, 5.41) is 10.3. The Morgan fingerprint density at radius 2 is 1.75 bits per heavy atom. The number of alkyl halides is 2. The lowest BCUT2D eigenvalue weighted by Crippen LogP contribution is -2.43. The molecule has 3 heterocycles. The van der Waals surface area contributed by atoms with Gasteiger partial charge in [0.15, 0.2) is 5.82 Å². The largest absolute Gasteiger partial charge is 0.355 e. The predicted molar refractivity (Wildman–Crippen MR) is 132 cm³/mol. The van der Waals surface area contributed by atoms with Gasteiger partial charge >= 0.3 is 11.4 Å². The van der Waals surface area contributed by atoms with Crippen molar-refractivity contribution in [1.29, 1.82) is 0 Å². The van der Waals surface area contributed by atoms with E-state index in [1.807, 2.05) is 0 Å². The maximum absolute atomic E-state index is 15.0. The number of hydrogen-bond acceptors (Lipinski definition) is 7. The summed E-state index contributed by atoms with van der Waals surface area (Å²) in [4.78, 5) is 34.1. The van der Waals surface area contributed by atoms with Gasteiger partial charge in [0.2, 0.25) is 5.95 Å². The van der Waals surface area contributed by atoms with E-state index in [1.54, 1.807) is 7.05 Å². The van der Waals surface area contributed by atoms with Crippen LogP contribution in [-0.2, 0) is 26.7 Å². The molecule has 0 saturated heterocycles. The predicted octanol–water partition coefficient (Wildman–Crippen LogP) is 3.06. The molecule has 5 rings (SSSR count). The van der Waals surface area contributed by atoms with E-state index in [0.29, 0.717) is 10.6 Å². The van der Waals surface area contributed by atoms with Crippen LogP contribution >= 0.6 is 11.6 Å². The number of aromatic nitrogens is 8. The summed E-state index contributed by atoms with van der Waals surface area (Å²) < 4.78 is 72.6. The fraction of sp³-hybridized carbons (Fsp3) is 0.217. The summed E-state index contributed by atoms with van der Waals surface area (Å²) in [6.07, 6.45) is -0.0792. The molecule has 0 unspecified atom stereocenters. The molecule has 0 radical (unpaired) electrons. The highest BCUT2D eigenvalue weighted by Gasteiger charge is 2.20. The minimum Gasteiger partial charge on any atom is -0.323 e. The second kappa shape index (κ2) is 10.5. The smallest absolute Gasteiger partial charge is 0.323 e. The lowest BCUT2D eigenvalue weighted by atomic mass is 10.2. The number of hydrogen-bond donors (Lipinski definition) is 1. The Bertz CT molecular complexity index is 1860. The molecule has 208 valence electrons. The SMILES string of the molecule is Cn1cnc(Cn2c(=O)nc(Nc3cc4cn(CC(F)F)nc4cc3F)n(Cc3cc(Cl)c(F)cc3F)c2=O)n1. The van der Waals surface area contributed by atoms with Crippen LogP contribution in [0.5, 0.6) is 0 Å². The molecule has 3 aromatic heterocycles. The summed E-state index contributed by atoms with van der Waals surface area (Å²) in [6.45, 7) is -1.69. The van der Waals surface area contributed by atoms with E-state index in [0.717, 1.165) is 21.4 Å². The lowest BCUT2D eigenvalue weighted by molar-refractivity contribution is 0.122. The van der Waals surface area contributed by atoms with Crippen LogP contribution in [0.3, 0.4) is 0 Å². The fourth-order valence-corrected chi connectivity index (χ4v) is 4.09. The van der Waals surface area contributed by atoms with Gasteiger partial charge in [0, 0.05) is 36.3 Å². The maximum Gasteiger partial charge on any atom is 0.355 e. The number of anilines is 2. The van der Waals surface area contributed by atoms with Crippen LogP contribution in [0.2, 0.25) is 5.02 Å². The lowest BCUT2D eigenvalue weighted by Gasteiger charge is -2.16. The first-order valence-corrected chi connectivity index (χ1v) is 11.8. The molecule has 40 heavy (non-hydrogen) atoms. The van der Waals surface area contributed by atoms with E-state index >= 15 is 0 Å². The molecule has 0 aliphatic rings. The normalized spacial score (nSPS) is 11.6. The highest BCUT2D eigenvalue weighted by Crippen LogP contribution is 2.25. The summed E-state index contributed by atoms with van der Waals surface area (Å²) in [5.41, 5.74) is -2.49. The minimum absolute atomic E-state index is 0.0790. The number of benzene rings is 2. The standard InChI is InChI=1S/C23H17ClF5N9O2/c1-35-10-30-20(34-35)9-38-22(39)32-21(37(23(38)40)7-11-2-13(24)15(26)4-14(11)25)31-18-3-12-6-36(8-19(28)29)33-17(12)5-16(18)27/h2-6,10,19H,7-9H2,1H3,(H,31,32,39). The van der Waals surface area contributed by atoms with Gasteiger partial charge in [-0.05, 0) is 12.1 Å². The fourth-order valence-electron chi connectivity index (χ4n) is 3.90. The van der Waals surface area contributed by atoms with E-state index in [4.69, 9.17) is 11.6 Å². The Labute approximate surface area is 225 Å². The minimum atomic E-state index is -2.69. The molecular weight excluding hydrogens is 565 g/mol. The third-order valence-corrected chi connectivity index (χ3v) is 6.02. The Morgan fingerprint density at radius 1 is 0.975 bits per heavy atom. The second-order valence-electron chi connectivity index (χ2n) is 8.62. The zero-order valence-corrected chi connectivity index (χ0v) is 21.1. The van der Waals surface area contributed by atoms with Crippen molar-refractivity contribution in [3.8, 4) is 0 Å². The van der Waals surface area contributed by atoms with Gasteiger partial charge in [0.1, 0.15) is 30.3 Å². The van der Waals surface area contributed by atoms with Gasteiger partial charge in [-0.25, -0.2) is 41.1 Å². The van der Waals surface area contributed by atoms with Crippen molar-refractivity contribution in [2.75, 3.05) is 5.32 Å². The second-order valence-corrected chi connectivity index (χ2v) is 9.03. The summed E-state index contributed by atoms with van der Waals surface area (Å²) in [5.74, 6) is -3.36. The number of nitrogens with zero attached hydrogens (tertiary/aromatic N) is 8. The van der Waals surface area contributed by atoms with Gasteiger partial charge in [-0.2, -0.15) is 15.2 Å². The Kier molecular flexibility index (Phi) is 7.10. The van der Waals surface area contributed by atoms with Crippen LogP contribution in [0, 0.1) is 17.5 Å². The molecule has 0 aliphatic heterocycles. The average molecular weight is 582 g/mol. The van der Waals surface area contributed by atoms with Crippen LogP contribution in [0.25, 0.3) is 10.9 Å². The third kappa shape index (κ3) is 5.42.